The van der Waals surface area contributed by atoms with Crippen LogP contribution in [-0.4, -0.2) is 80.1 Å². The summed E-state index contributed by atoms with van der Waals surface area (Å²) in [6.45, 7) is 5.04. The lowest BCUT2D eigenvalue weighted by atomic mass is 9.90. The van der Waals surface area contributed by atoms with Crippen LogP contribution in [0.4, 0.5) is 0 Å². The molecule has 7 nitrogen and oxygen atoms in total. The summed E-state index contributed by atoms with van der Waals surface area (Å²) in [5.41, 5.74) is 3.09. The minimum Gasteiger partial charge on any atom is -0.497 e. The molecule has 4 aromatic rings. The normalized spacial score (nSPS) is 19.1. The summed E-state index contributed by atoms with van der Waals surface area (Å²) in [5.74, 6) is 1.01. The van der Waals surface area contributed by atoms with Crippen LogP contribution in [-0.2, 0) is 4.79 Å². The van der Waals surface area contributed by atoms with Crippen molar-refractivity contribution in [1.82, 2.24) is 20.4 Å². The summed E-state index contributed by atoms with van der Waals surface area (Å²) in [4.78, 5) is 32.0. The third-order valence-corrected chi connectivity index (χ3v) is 9.87. The van der Waals surface area contributed by atoms with Gasteiger partial charge in [-0.1, -0.05) is 79.2 Å². The number of amides is 2. The van der Waals surface area contributed by atoms with Crippen molar-refractivity contribution in [3.05, 3.63) is 114 Å². The Hall–Kier alpha value is -4.20. The van der Waals surface area contributed by atoms with Crippen LogP contribution in [0, 0.1) is 0 Å². The third kappa shape index (κ3) is 8.59. The molecular formula is C40H48N4O3. The van der Waals surface area contributed by atoms with Gasteiger partial charge in [0.25, 0.3) is 5.91 Å². The van der Waals surface area contributed by atoms with Gasteiger partial charge >= 0.3 is 0 Å². The molecule has 2 aliphatic heterocycles. The molecule has 0 saturated carbocycles. The molecule has 0 bridgehead atoms. The summed E-state index contributed by atoms with van der Waals surface area (Å²) >= 11 is 0. The van der Waals surface area contributed by atoms with Gasteiger partial charge in [-0.05, 0) is 91.4 Å². The standard InChI is InChI=1S/C40H48N4O3/c1-47-36-18-17-32-27-34(16-15-33(32)28-36)39(45)41-22-19-35-20-26-44(40(46)38(42-35)21-25-43-23-9-4-10-24-43)29-37(30-11-5-2-6-12-30)31-13-7-3-8-14-31/h2-3,5-8,11-18,27-28,35,37-38,42H,4,9-10,19-26,29H2,1H3,(H,41,45)/t35-,38+/m0/s1. The molecule has 2 heterocycles. The van der Waals surface area contributed by atoms with E-state index in [0.29, 0.717) is 25.2 Å². The molecule has 2 N–H and O–H groups in total. The van der Waals surface area contributed by atoms with E-state index in [-0.39, 0.29) is 29.8 Å². The molecular weight excluding hydrogens is 584 g/mol. The average molecular weight is 633 g/mol. The second-order valence-electron chi connectivity index (χ2n) is 13.0. The number of rotatable bonds is 12. The van der Waals surface area contributed by atoms with E-state index in [1.54, 1.807) is 7.11 Å². The highest BCUT2D eigenvalue weighted by atomic mass is 16.5. The molecule has 2 fully saturated rings. The van der Waals surface area contributed by atoms with Gasteiger partial charge in [-0.3, -0.25) is 9.59 Å². The number of nitrogens with one attached hydrogen (secondary N) is 2. The first-order chi connectivity index (χ1) is 23.1. The molecule has 7 heteroatoms. The maximum absolute atomic E-state index is 14.2. The van der Waals surface area contributed by atoms with Crippen LogP contribution in [0.1, 0.15) is 65.9 Å². The van der Waals surface area contributed by atoms with Crippen LogP contribution < -0.4 is 15.4 Å². The fourth-order valence-electron chi connectivity index (χ4n) is 7.14. The Labute approximate surface area is 279 Å². The number of hydrogen-bond donors (Lipinski definition) is 2. The molecule has 0 radical (unpaired) electrons. The Morgan fingerprint density at radius 3 is 2.23 bits per heavy atom. The molecule has 246 valence electrons. The molecule has 0 unspecified atom stereocenters. The lowest BCUT2D eigenvalue weighted by Gasteiger charge is -2.31. The number of nitrogens with zero attached hydrogens (tertiary/aromatic N) is 2. The number of ether oxygens (including phenoxy) is 1. The van der Waals surface area contributed by atoms with Crippen molar-refractivity contribution in [2.24, 2.45) is 0 Å². The Morgan fingerprint density at radius 2 is 1.53 bits per heavy atom. The van der Waals surface area contributed by atoms with E-state index in [9.17, 15) is 9.59 Å². The van der Waals surface area contributed by atoms with E-state index >= 15 is 0 Å². The summed E-state index contributed by atoms with van der Waals surface area (Å²) < 4.78 is 5.33. The molecule has 2 saturated heterocycles. The Morgan fingerprint density at radius 1 is 0.851 bits per heavy atom. The predicted octanol–water partition coefficient (Wildman–Crippen LogP) is 6.24. The van der Waals surface area contributed by atoms with E-state index in [1.807, 2.05) is 48.5 Å². The molecule has 2 atom stereocenters. The summed E-state index contributed by atoms with van der Waals surface area (Å²) in [7, 11) is 1.66. The van der Waals surface area contributed by atoms with Gasteiger partial charge in [0.1, 0.15) is 5.75 Å². The van der Waals surface area contributed by atoms with Crippen LogP contribution in [0.5, 0.6) is 5.75 Å². The zero-order chi connectivity index (χ0) is 32.4. The maximum Gasteiger partial charge on any atom is 0.251 e. The number of likely N-dealkylation sites (tertiary alicyclic amines) is 1. The van der Waals surface area contributed by atoms with Crippen LogP contribution in [0.2, 0.25) is 0 Å². The van der Waals surface area contributed by atoms with E-state index in [1.165, 1.54) is 30.4 Å². The van der Waals surface area contributed by atoms with Gasteiger partial charge < -0.3 is 25.2 Å². The molecule has 2 aliphatic rings. The van der Waals surface area contributed by atoms with Crippen molar-refractivity contribution in [2.75, 3.05) is 46.4 Å². The highest BCUT2D eigenvalue weighted by Crippen LogP contribution is 2.27. The number of fused-ring (bicyclic) bond motifs is 1. The molecule has 6 rings (SSSR count). The monoisotopic (exact) mass is 632 g/mol. The second kappa shape index (κ2) is 16.1. The quantitative estimate of drug-likeness (QED) is 0.194. The Kier molecular flexibility index (Phi) is 11.2. The molecule has 2 amide bonds. The van der Waals surface area contributed by atoms with Crippen molar-refractivity contribution >= 4 is 22.6 Å². The van der Waals surface area contributed by atoms with Crippen molar-refractivity contribution in [3.63, 3.8) is 0 Å². The SMILES string of the molecule is COc1ccc2cc(C(=O)NCC[C@H]3CCN(CC(c4ccccc4)c4ccccc4)C(=O)[C@@H](CCN4CCCCC4)N3)ccc2c1. The van der Waals surface area contributed by atoms with E-state index < -0.39 is 0 Å². The summed E-state index contributed by atoms with van der Waals surface area (Å²) in [6.07, 6.45) is 6.17. The van der Waals surface area contributed by atoms with Crippen LogP contribution >= 0.6 is 0 Å². The average Bonchev–Trinajstić information content (AvgIpc) is 3.27. The minimum absolute atomic E-state index is 0.0794. The van der Waals surface area contributed by atoms with Crippen LogP contribution in [0.15, 0.2) is 97.1 Å². The minimum atomic E-state index is -0.246. The largest absolute Gasteiger partial charge is 0.497 e. The topological polar surface area (TPSA) is 73.9 Å². The van der Waals surface area contributed by atoms with Gasteiger partial charge in [0, 0.05) is 43.7 Å². The smallest absolute Gasteiger partial charge is 0.251 e. The number of piperidine rings is 1. The van der Waals surface area contributed by atoms with Crippen LogP contribution in [0.3, 0.4) is 0 Å². The zero-order valence-corrected chi connectivity index (χ0v) is 27.6. The van der Waals surface area contributed by atoms with Crippen LogP contribution in [0.25, 0.3) is 10.8 Å². The number of benzene rings is 4. The zero-order valence-electron chi connectivity index (χ0n) is 27.6. The Balaban J connectivity index is 1.13. The molecule has 0 aliphatic carbocycles. The van der Waals surface area contributed by atoms with Gasteiger partial charge in [0.2, 0.25) is 5.91 Å². The Bertz CT molecular complexity index is 1570. The van der Waals surface area contributed by atoms with Gasteiger partial charge in [-0.15, -0.1) is 0 Å². The lowest BCUT2D eigenvalue weighted by molar-refractivity contribution is -0.133. The fourth-order valence-corrected chi connectivity index (χ4v) is 7.14. The van der Waals surface area contributed by atoms with Crippen molar-refractivity contribution in [3.8, 4) is 5.75 Å². The number of hydrogen-bond acceptors (Lipinski definition) is 5. The first-order valence-corrected chi connectivity index (χ1v) is 17.3. The lowest BCUT2D eigenvalue weighted by Crippen LogP contribution is -2.48. The fraction of sp³-hybridized carbons (Fsp3) is 0.400. The van der Waals surface area contributed by atoms with Gasteiger partial charge in [0.05, 0.1) is 13.2 Å². The van der Waals surface area contributed by atoms with E-state index in [2.05, 4.69) is 69.0 Å². The third-order valence-electron chi connectivity index (χ3n) is 9.87. The number of carbonyl (C=O) groups is 2. The second-order valence-corrected chi connectivity index (χ2v) is 13.0. The number of methoxy groups -OCH3 is 1. The highest BCUT2D eigenvalue weighted by Gasteiger charge is 2.33. The van der Waals surface area contributed by atoms with Crippen molar-refractivity contribution in [2.45, 2.75) is 56.5 Å². The van der Waals surface area contributed by atoms with Crippen molar-refractivity contribution in [1.29, 1.82) is 0 Å². The molecule has 0 aromatic heterocycles. The van der Waals surface area contributed by atoms with Crippen molar-refractivity contribution < 1.29 is 14.3 Å². The molecule has 0 spiro atoms. The summed E-state index contributed by atoms with van der Waals surface area (Å²) in [6, 6.07) is 32.6. The van der Waals surface area contributed by atoms with E-state index in [0.717, 1.165) is 55.4 Å². The predicted molar refractivity (Wildman–Crippen MR) is 189 cm³/mol. The first kappa shape index (κ1) is 32.7. The van der Waals surface area contributed by atoms with Gasteiger partial charge in [-0.2, -0.15) is 0 Å². The highest BCUT2D eigenvalue weighted by molar-refractivity contribution is 5.98. The first-order valence-electron chi connectivity index (χ1n) is 17.3. The number of carbonyl (C=O) groups excluding carboxylic acids is 2. The molecule has 4 aromatic carbocycles. The van der Waals surface area contributed by atoms with Gasteiger partial charge in [-0.25, -0.2) is 0 Å². The van der Waals surface area contributed by atoms with E-state index in [4.69, 9.17) is 4.74 Å². The molecule has 47 heavy (non-hydrogen) atoms. The van der Waals surface area contributed by atoms with Gasteiger partial charge in [0.15, 0.2) is 0 Å². The summed E-state index contributed by atoms with van der Waals surface area (Å²) in [5, 5.41) is 8.94. The maximum atomic E-state index is 14.2.